The number of aromatic nitrogens is 2. The summed E-state index contributed by atoms with van der Waals surface area (Å²) < 4.78 is 11.2. The first-order valence-electron chi connectivity index (χ1n) is 11.5. The van der Waals surface area contributed by atoms with Gasteiger partial charge >= 0.3 is 6.01 Å². The van der Waals surface area contributed by atoms with E-state index in [4.69, 9.17) is 13.8 Å². The predicted octanol–water partition coefficient (Wildman–Crippen LogP) is 4.89. The number of aliphatic hydroxyl groups is 1. The number of benzene rings is 3. The maximum Gasteiger partial charge on any atom is 0.317 e. The normalized spacial score (nSPS) is 16.6. The van der Waals surface area contributed by atoms with Crippen molar-refractivity contribution in [1.29, 1.82) is 5.26 Å². The van der Waals surface area contributed by atoms with Crippen LogP contribution in [0.4, 0.5) is 11.7 Å². The number of rotatable bonds is 5. The zero-order valence-corrected chi connectivity index (χ0v) is 19.4. The van der Waals surface area contributed by atoms with Gasteiger partial charge in [0.05, 0.1) is 29.9 Å². The van der Waals surface area contributed by atoms with Gasteiger partial charge in [0.15, 0.2) is 12.4 Å². The average molecular weight is 489 g/mol. The Hall–Kier alpha value is -5.20. The van der Waals surface area contributed by atoms with Crippen molar-refractivity contribution in [1.82, 2.24) is 10.2 Å². The van der Waals surface area contributed by atoms with Crippen molar-refractivity contribution in [3.05, 3.63) is 108 Å². The third-order valence-electron chi connectivity index (χ3n) is 6.01. The minimum Gasteiger partial charge on any atom is -0.472 e. The molecule has 2 atom stereocenters. The van der Waals surface area contributed by atoms with Crippen LogP contribution in [0, 0.1) is 11.3 Å². The van der Waals surface area contributed by atoms with Gasteiger partial charge in [-0.05, 0) is 35.9 Å². The molecule has 0 spiro atoms. The number of hydrogen-bond acceptors (Lipinski definition) is 9. The molecule has 3 N–H and O–H groups in total. The summed E-state index contributed by atoms with van der Waals surface area (Å²) in [5.41, 5.74) is 5.88. The predicted molar refractivity (Wildman–Crippen MR) is 138 cm³/mol. The summed E-state index contributed by atoms with van der Waals surface area (Å²) >= 11 is 0. The Morgan fingerprint density at radius 3 is 2.54 bits per heavy atom. The van der Waals surface area contributed by atoms with Crippen molar-refractivity contribution in [2.45, 2.75) is 12.4 Å². The molecule has 1 unspecified atom stereocenters. The quantitative estimate of drug-likeness (QED) is 0.319. The highest BCUT2D eigenvalue weighted by atomic mass is 16.4. The fourth-order valence-corrected chi connectivity index (χ4v) is 4.24. The second-order valence-corrected chi connectivity index (χ2v) is 8.36. The molecule has 37 heavy (non-hydrogen) atoms. The fourth-order valence-electron chi connectivity index (χ4n) is 4.24. The van der Waals surface area contributed by atoms with E-state index in [0.29, 0.717) is 16.8 Å². The van der Waals surface area contributed by atoms with Crippen LogP contribution in [0.3, 0.4) is 0 Å². The molecule has 0 aliphatic carbocycles. The van der Waals surface area contributed by atoms with E-state index < -0.39 is 12.4 Å². The molecule has 0 amide bonds. The van der Waals surface area contributed by atoms with E-state index in [1.807, 2.05) is 54.6 Å². The first kappa shape index (κ1) is 22.3. The number of fused-ring (bicyclic) bond motifs is 1. The Labute approximate surface area is 211 Å². The zero-order valence-electron chi connectivity index (χ0n) is 19.4. The fraction of sp³-hybridized carbons (Fsp3) is 0.0714. The van der Waals surface area contributed by atoms with Gasteiger partial charge in [0, 0.05) is 27.9 Å². The van der Waals surface area contributed by atoms with Crippen molar-refractivity contribution >= 4 is 17.4 Å². The molecule has 1 aliphatic heterocycles. The summed E-state index contributed by atoms with van der Waals surface area (Å²) in [5.74, 6) is 0.245. The number of anilines is 2. The lowest BCUT2D eigenvalue weighted by atomic mass is 9.99. The standard InChI is InChI=1S/C28H20N6O3/c29-15-17-10-11-20(22(14-17)19-12-13-36-16-19)27-33-34-28(37-27)32-25-26(35)30-23-9-5-4-8-21(23)24(31-25)18-6-2-1-3-7-18/h1-14,16,25-26,30,35H,(H,32,34)/t25-,26?/m1/s1. The summed E-state index contributed by atoms with van der Waals surface area (Å²) in [6.45, 7) is 0. The summed E-state index contributed by atoms with van der Waals surface area (Å²) in [5, 5.41) is 34.8. The van der Waals surface area contributed by atoms with Crippen molar-refractivity contribution in [3.8, 4) is 28.7 Å². The Kier molecular flexibility index (Phi) is 5.69. The van der Waals surface area contributed by atoms with Crippen LogP contribution in [-0.4, -0.2) is 33.4 Å². The highest BCUT2D eigenvalue weighted by molar-refractivity contribution is 6.16. The molecule has 9 heteroatoms. The highest BCUT2D eigenvalue weighted by Gasteiger charge is 2.27. The molecule has 5 aromatic rings. The van der Waals surface area contributed by atoms with E-state index in [0.717, 1.165) is 27.9 Å². The number of aliphatic imine (C=N–C) groups is 1. The lowest BCUT2D eigenvalue weighted by Crippen LogP contribution is -2.37. The van der Waals surface area contributed by atoms with Crippen LogP contribution < -0.4 is 10.6 Å². The van der Waals surface area contributed by atoms with Crippen LogP contribution in [0.15, 0.2) is 105 Å². The average Bonchev–Trinajstić information content (AvgIpc) is 3.62. The molecule has 0 radical (unpaired) electrons. The summed E-state index contributed by atoms with van der Waals surface area (Å²) in [6, 6.07) is 26.6. The van der Waals surface area contributed by atoms with E-state index in [1.54, 1.807) is 36.8 Å². The van der Waals surface area contributed by atoms with Gasteiger partial charge in [0.25, 0.3) is 0 Å². The smallest absolute Gasteiger partial charge is 0.317 e. The van der Waals surface area contributed by atoms with Gasteiger partial charge in [0.2, 0.25) is 5.89 Å². The van der Waals surface area contributed by atoms with E-state index in [9.17, 15) is 10.4 Å². The van der Waals surface area contributed by atoms with Gasteiger partial charge in [-0.25, -0.2) is 0 Å². The molecule has 0 fully saturated rings. The van der Waals surface area contributed by atoms with Gasteiger partial charge in [0.1, 0.15) is 0 Å². The van der Waals surface area contributed by atoms with Crippen LogP contribution in [0.25, 0.3) is 22.6 Å². The Morgan fingerprint density at radius 2 is 1.73 bits per heavy atom. The van der Waals surface area contributed by atoms with E-state index >= 15 is 0 Å². The lowest BCUT2D eigenvalue weighted by molar-refractivity contribution is 0.182. The van der Waals surface area contributed by atoms with Crippen LogP contribution >= 0.6 is 0 Å². The van der Waals surface area contributed by atoms with Gasteiger partial charge in [-0.2, -0.15) is 5.26 Å². The molecule has 9 nitrogen and oxygen atoms in total. The molecule has 0 bridgehead atoms. The molecule has 3 heterocycles. The molecule has 3 aromatic carbocycles. The summed E-state index contributed by atoms with van der Waals surface area (Å²) in [6.07, 6.45) is 1.24. The topological polar surface area (TPSA) is 132 Å². The third kappa shape index (κ3) is 4.33. The maximum absolute atomic E-state index is 11.0. The second kappa shape index (κ2) is 9.45. The molecule has 0 saturated carbocycles. The number of nitrogens with one attached hydrogen (secondary N) is 2. The first-order valence-corrected chi connectivity index (χ1v) is 11.5. The summed E-state index contributed by atoms with van der Waals surface area (Å²) in [4.78, 5) is 4.84. The lowest BCUT2D eigenvalue weighted by Gasteiger charge is -2.19. The number of aliphatic hydroxyl groups excluding tert-OH is 1. The van der Waals surface area contributed by atoms with Crippen molar-refractivity contribution in [2.24, 2.45) is 4.99 Å². The van der Waals surface area contributed by atoms with E-state index in [-0.39, 0.29) is 11.9 Å². The minimum absolute atomic E-state index is 0.0884. The van der Waals surface area contributed by atoms with E-state index in [1.165, 1.54) is 0 Å². The molecule has 180 valence electrons. The van der Waals surface area contributed by atoms with Gasteiger partial charge in [-0.3, -0.25) is 4.99 Å². The second-order valence-electron chi connectivity index (χ2n) is 8.36. The van der Waals surface area contributed by atoms with Crippen LogP contribution in [0.1, 0.15) is 16.7 Å². The van der Waals surface area contributed by atoms with Crippen molar-refractivity contribution in [3.63, 3.8) is 0 Å². The number of nitriles is 1. The van der Waals surface area contributed by atoms with Crippen LogP contribution in [-0.2, 0) is 0 Å². The first-order chi connectivity index (χ1) is 18.2. The van der Waals surface area contributed by atoms with Crippen LogP contribution in [0.5, 0.6) is 0 Å². The van der Waals surface area contributed by atoms with Crippen LogP contribution in [0.2, 0.25) is 0 Å². The summed E-state index contributed by atoms with van der Waals surface area (Å²) in [7, 11) is 0. The number of furan rings is 1. The van der Waals surface area contributed by atoms with Crippen molar-refractivity contribution < 1.29 is 13.9 Å². The Bertz CT molecular complexity index is 1620. The Morgan fingerprint density at radius 1 is 0.892 bits per heavy atom. The number of para-hydroxylation sites is 1. The van der Waals surface area contributed by atoms with Gasteiger partial charge < -0.3 is 24.6 Å². The molecular formula is C28H20N6O3. The number of nitrogens with zero attached hydrogens (tertiary/aromatic N) is 4. The zero-order chi connectivity index (χ0) is 25.2. The molecule has 0 saturated heterocycles. The van der Waals surface area contributed by atoms with Crippen molar-refractivity contribution in [2.75, 3.05) is 10.6 Å². The molecule has 1 aliphatic rings. The number of benzodiazepines with no additional fused rings is 1. The molecule has 6 rings (SSSR count). The van der Waals surface area contributed by atoms with Gasteiger partial charge in [-0.1, -0.05) is 53.6 Å². The van der Waals surface area contributed by atoms with E-state index in [2.05, 4.69) is 26.9 Å². The highest BCUT2D eigenvalue weighted by Crippen LogP contribution is 2.33. The monoisotopic (exact) mass is 488 g/mol. The number of hydrogen-bond donors (Lipinski definition) is 3. The molecule has 2 aromatic heterocycles. The largest absolute Gasteiger partial charge is 0.472 e. The minimum atomic E-state index is -1.07. The Balaban J connectivity index is 1.35. The maximum atomic E-state index is 11.0. The third-order valence-corrected chi connectivity index (χ3v) is 6.01. The SMILES string of the molecule is N#Cc1ccc(-c2nnc(N[C@H]3N=C(c4ccccc4)c4ccccc4NC3O)o2)c(-c2ccoc2)c1. The van der Waals surface area contributed by atoms with Gasteiger partial charge in [-0.15, -0.1) is 5.10 Å². The molecular weight excluding hydrogens is 468 g/mol.